The minimum Gasteiger partial charge on any atom is -0.456 e. The number of hydrogen-bond acceptors (Lipinski definition) is 8. The van der Waals surface area contributed by atoms with E-state index in [0.717, 1.165) is 0 Å². The van der Waals surface area contributed by atoms with E-state index in [2.05, 4.69) is 9.97 Å². The molecule has 3 rings (SSSR count). The highest BCUT2D eigenvalue weighted by Gasteiger charge is 2.26. The number of benzene rings is 1. The quantitative estimate of drug-likeness (QED) is 0.743. The molecule has 1 aromatic heterocycles. The number of sulfonamides is 1. The number of hydrogen-bond donors (Lipinski definition) is 1. The van der Waals surface area contributed by atoms with Crippen LogP contribution in [0.5, 0.6) is 0 Å². The fourth-order valence-electron chi connectivity index (χ4n) is 2.46. The molecule has 138 valence electrons. The number of nitrogens with zero attached hydrogens (tertiary/aromatic N) is 3. The Balaban J connectivity index is 1.71. The van der Waals surface area contributed by atoms with Crippen molar-refractivity contribution >= 4 is 21.8 Å². The molecule has 26 heavy (non-hydrogen) atoms. The van der Waals surface area contributed by atoms with Crippen molar-refractivity contribution in [3.8, 4) is 0 Å². The lowest BCUT2D eigenvalue weighted by atomic mass is 10.2. The monoisotopic (exact) mass is 378 g/mol. The van der Waals surface area contributed by atoms with E-state index in [1.165, 1.54) is 28.8 Å². The molecule has 0 atom stereocenters. The summed E-state index contributed by atoms with van der Waals surface area (Å²) in [7, 11) is -3.61. The zero-order chi connectivity index (χ0) is 18.6. The standard InChI is InChI=1S/C16H18N4O5S/c17-15-14(18-4-5-19-15)16(21)25-11-12-2-1-3-13(10-12)26(22,23)20-6-8-24-9-7-20/h1-5,10H,6-9,11H2,(H2,17,19). The number of nitrogen functional groups attached to an aromatic ring is 1. The summed E-state index contributed by atoms with van der Waals surface area (Å²) >= 11 is 0. The predicted octanol–water partition coefficient (Wildman–Crippen LogP) is 0.437. The largest absolute Gasteiger partial charge is 0.456 e. The van der Waals surface area contributed by atoms with Gasteiger partial charge in [-0.05, 0) is 17.7 Å². The molecule has 1 saturated heterocycles. The maximum atomic E-state index is 12.7. The zero-order valence-electron chi connectivity index (χ0n) is 13.9. The van der Waals surface area contributed by atoms with Gasteiger partial charge >= 0.3 is 5.97 Å². The van der Waals surface area contributed by atoms with Crippen LogP contribution in [0.25, 0.3) is 0 Å². The fourth-order valence-corrected chi connectivity index (χ4v) is 3.93. The van der Waals surface area contributed by atoms with E-state index in [1.807, 2.05) is 0 Å². The molecule has 0 bridgehead atoms. The number of esters is 1. The Kier molecular flexibility index (Phi) is 5.45. The number of ether oxygens (including phenoxy) is 2. The highest BCUT2D eigenvalue weighted by atomic mass is 32.2. The molecule has 0 saturated carbocycles. The van der Waals surface area contributed by atoms with Crippen molar-refractivity contribution in [2.75, 3.05) is 32.0 Å². The van der Waals surface area contributed by atoms with E-state index in [9.17, 15) is 13.2 Å². The van der Waals surface area contributed by atoms with Crippen molar-refractivity contribution in [2.45, 2.75) is 11.5 Å². The molecule has 2 heterocycles. The van der Waals surface area contributed by atoms with Crippen LogP contribution in [0.1, 0.15) is 16.1 Å². The molecule has 0 aliphatic carbocycles. The minimum absolute atomic E-state index is 0.0267. The van der Waals surface area contributed by atoms with E-state index in [4.69, 9.17) is 15.2 Å². The van der Waals surface area contributed by atoms with Gasteiger partial charge in [0.05, 0.1) is 18.1 Å². The predicted molar refractivity (Wildman–Crippen MR) is 91.6 cm³/mol. The van der Waals surface area contributed by atoms with Crippen LogP contribution < -0.4 is 5.73 Å². The van der Waals surface area contributed by atoms with Gasteiger partial charge in [-0.15, -0.1) is 0 Å². The number of carbonyl (C=O) groups is 1. The summed E-state index contributed by atoms with van der Waals surface area (Å²) < 4.78 is 37.1. The van der Waals surface area contributed by atoms with Crippen molar-refractivity contribution in [2.24, 2.45) is 0 Å². The molecular formula is C16H18N4O5S. The molecule has 1 fully saturated rings. The lowest BCUT2D eigenvalue weighted by Crippen LogP contribution is -2.40. The summed E-state index contributed by atoms with van der Waals surface area (Å²) in [6, 6.07) is 6.27. The lowest BCUT2D eigenvalue weighted by molar-refractivity contribution is 0.0466. The zero-order valence-corrected chi connectivity index (χ0v) is 14.7. The van der Waals surface area contributed by atoms with Crippen LogP contribution >= 0.6 is 0 Å². The molecule has 1 aliphatic heterocycles. The highest BCUT2D eigenvalue weighted by molar-refractivity contribution is 7.89. The third kappa shape index (κ3) is 3.98. The number of anilines is 1. The molecule has 0 radical (unpaired) electrons. The first-order valence-corrected chi connectivity index (χ1v) is 9.33. The first-order chi connectivity index (χ1) is 12.5. The second-order valence-electron chi connectivity index (χ2n) is 5.53. The summed E-state index contributed by atoms with van der Waals surface area (Å²) in [5, 5.41) is 0. The van der Waals surface area contributed by atoms with Gasteiger partial charge in [-0.3, -0.25) is 0 Å². The van der Waals surface area contributed by atoms with Gasteiger partial charge in [-0.1, -0.05) is 12.1 Å². The normalized spacial score (nSPS) is 15.5. The maximum Gasteiger partial charge on any atom is 0.361 e. The van der Waals surface area contributed by atoms with Crippen molar-refractivity contribution in [1.82, 2.24) is 14.3 Å². The van der Waals surface area contributed by atoms with Crippen molar-refractivity contribution in [1.29, 1.82) is 0 Å². The molecule has 10 heteroatoms. The van der Waals surface area contributed by atoms with Gasteiger partial charge in [-0.2, -0.15) is 4.31 Å². The molecule has 1 aliphatic rings. The van der Waals surface area contributed by atoms with E-state index in [-0.39, 0.29) is 23.0 Å². The van der Waals surface area contributed by atoms with Crippen LogP contribution in [-0.4, -0.2) is 55.0 Å². The molecule has 0 amide bonds. The molecule has 0 unspecified atom stereocenters. The Morgan fingerprint density at radius 2 is 1.96 bits per heavy atom. The lowest BCUT2D eigenvalue weighted by Gasteiger charge is -2.26. The Labute approximate surface area is 150 Å². The van der Waals surface area contributed by atoms with Crippen LogP contribution in [0, 0.1) is 0 Å². The van der Waals surface area contributed by atoms with Crippen LogP contribution in [0.15, 0.2) is 41.6 Å². The number of aromatic nitrogens is 2. The topological polar surface area (TPSA) is 125 Å². The summed E-state index contributed by atoms with van der Waals surface area (Å²) in [4.78, 5) is 19.8. The second kappa shape index (κ2) is 7.77. The van der Waals surface area contributed by atoms with Crippen LogP contribution in [0.3, 0.4) is 0 Å². The molecule has 9 nitrogen and oxygen atoms in total. The summed E-state index contributed by atoms with van der Waals surface area (Å²) in [5.41, 5.74) is 6.04. The second-order valence-corrected chi connectivity index (χ2v) is 7.47. The summed E-state index contributed by atoms with van der Waals surface area (Å²) in [5.74, 6) is -0.752. The Morgan fingerprint density at radius 3 is 2.69 bits per heavy atom. The SMILES string of the molecule is Nc1nccnc1C(=O)OCc1cccc(S(=O)(=O)N2CCOCC2)c1. The number of nitrogens with two attached hydrogens (primary N) is 1. The summed E-state index contributed by atoms with van der Waals surface area (Å²) in [6.45, 7) is 1.26. The van der Waals surface area contributed by atoms with E-state index in [1.54, 1.807) is 12.1 Å². The summed E-state index contributed by atoms with van der Waals surface area (Å²) in [6.07, 6.45) is 2.70. The average Bonchev–Trinajstić information content (AvgIpc) is 2.67. The third-order valence-electron chi connectivity index (χ3n) is 3.80. The van der Waals surface area contributed by atoms with Crippen molar-refractivity contribution in [3.05, 3.63) is 47.9 Å². The van der Waals surface area contributed by atoms with Gasteiger partial charge in [0.2, 0.25) is 10.0 Å². The Hall–Kier alpha value is -2.56. The number of rotatable bonds is 5. The molecule has 2 aromatic rings. The molecule has 2 N–H and O–H groups in total. The third-order valence-corrected chi connectivity index (χ3v) is 5.69. The Morgan fingerprint density at radius 1 is 1.23 bits per heavy atom. The van der Waals surface area contributed by atoms with Gasteiger partial charge in [0, 0.05) is 25.5 Å². The van der Waals surface area contributed by atoms with Gasteiger partial charge in [0.1, 0.15) is 6.61 Å². The van der Waals surface area contributed by atoms with E-state index in [0.29, 0.717) is 31.9 Å². The molecular weight excluding hydrogens is 360 g/mol. The fraction of sp³-hybridized carbons (Fsp3) is 0.312. The van der Waals surface area contributed by atoms with Crippen LogP contribution in [-0.2, 0) is 26.1 Å². The molecule has 0 spiro atoms. The van der Waals surface area contributed by atoms with Crippen molar-refractivity contribution < 1.29 is 22.7 Å². The van der Waals surface area contributed by atoms with E-state index < -0.39 is 16.0 Å². The van der Waals surface area contributed by atoms with Crippen LogP contribution in [0.4, 0.5) is 5.82 Å². The van der Waals surface area contributed by atoms with E-state index >= 15 is 0 Å². The molecule has 1 aromatic carbocycles. The first-order valence-electron chi connectivity index (χ1n) is 7.89. The number of morpholine rings is 1. The van der Waals surface area contributed by atoms with Gasteiger partial charge in [0.15, 0.2) is 11.5 Å². The first kappa shape index (κ1) is 18.2. The smallest absolute Gasteiger partial charge is 0.361 e. The Bertz CT molecular complexity index is 897. The maximum absolute atomic E-state index is 12.7. The average molecular weight is 378 g/mol. The van der Waals surface area contributed by atoms with Gasteiger partial charge < -0.3 is 15.2 Å². The van der Waals surface area contributed by atoms with Gasteiger partial charge in [0.25, 0.3) is 0 Å². The van der Waals surface area contributed by atoms with Gasteiger partial charge in [-0.25, -0.2) is 23.2 Å². The minimum atomic E-state index is -3.61. The van der Waals surface area contributed by atoms with Crippen LogP contribution in [0.2, 0.25) is 0 Å². The highest BCUT2D eigenvalue weighted by Crippen LogP contribution is 2.19. The number of carbonyl (C=O) groups excluding carboxylic acids is 1. The van der Waals surface area contributed by atoms with Crippen molar-refractivity contribution in [3.63, 3.8) is 0 Å².